The highest BCUT2D eigenvalue weighted by Crippen LogP contribution is 2.30. The third kappa shape index (κ3) is 3.17. The van der Waals surface area contributed by atoms with E-state index in [-0.39, 0.29) is 5.56 Å². The molecular formula is C21H16F3N5O. The van der Waals surface area contributed by atoms with E-state index in [1.54, 1.807) is 12.3 Å². The van der Waals surface area contributed by atoms with E-state index < -0.39 is 11.7 Å². The fourth-order valence-electron chi connectivity index (χ4n) is 3.73. The van der Waals surface area contributed by atoms with Crippen LogP contribution >= 0.6 is 0 Å². The third-order valence-corrected chi connectivity index (χ3v) is 5.33. The number of fused-ring (bicyclic) bond motifs is 2. The Morgan fingerprint density at radius 2 is 1.90 bits per heavy atom. The Kier molecular flexibility index (Phi) is 4.21. The fraction of sp³-hybridized carbons (Fsp3) is 0.190. The van der Waals surface area contributed by atoms with Crippen LogP contribution in [0.3, 0.4) is 0 Å². The average Bonchev–Trinajstić information content (AvgIpc) is 3.22. The van der Waals surface area contributed by atoms with E-state index >= 15 is 0 Å². The van der Waals surface area contributed by atoms with Gasteiger partial charge in [0, 0.05) is 24.7 Å². The van der Waals surface area contributed by atoms with Crippen molar-refractivity contribution in [3.8, 4) is 16.9 Å². The smallest absolute Gasteiger partial charge is 0.323 e. The summed E-state index contributed by atoms with van der Waals surface area (Å²) in [5.74, 6) is 0.689. The summed E-state index contributed by atoms with van der Waals surface area (Å²) < 4.78 is 39.6. The second-order valence-corrected chi connectivity index (χ2v) is 7.22. The summed E-state index contributed by atoms with van der Waals surface area (Å²) in [5, 5.41) is 1.49. The lowest BCUT2D eigenvalue weighted by Crippen LogP contribution is -2.41. The lowest BCUT2D eigenvalue weighted by Gasteiger charge is -2.13. The molecule has 0 saturated carbocycles. The molecule has 1 unspecified atom stereocenters. The van der Waals surface area contributed by atoms with Crippen molar-refractivity contribution in [1.82, 2.24) is 25.4 Å². The first-order valence-corrected chi connectivity index (χ1v) is 9.37. The first kappa shape index (κ1) is 18.6. The van der Waals surface area contributed by atoms with E-state index in [1.807, 2.05) is 6.08 Å². The molecule has 1 fully saturated rings. The Morgan fingerprint density at radius 1 is 1.10 bits per heavy atom. The minimum Gasteiger partial charge on any atom is -0.323 e. The van der Waals surface area contributed by atoms with Crippen molar-refractivity contribution < 1.29 is 13.2 Å². The first-order valence-electron chi connectivity index (χ1n) is 9.37. The Labute approximate surface area is 168 Å². The van der Waals surface area contributed by atoms with Gasteiger partial charge < -0.3 is 5.43 Å². The van der Waals surface area contributed by atoms with Crippen molar-refractivity contribution in [2.45, 2.75) is 12.6 Å². The van der Waals surface area contributed by atoms with Crippen molar-refractivity contribution in [2.75, 3.05) is 6.54 Å². The number of halogens is 3. The van der Waals surface area contributed by atoms with Crippen LogP contribution in [0.2, 0.25) is 0 Å². The predicted molar refractivity (Wildman–Crippen MR) is 104 cm³/mol. The van der Waals surface area contributed by atoms with Gasteiger partial charge in [-0.1, -0.05) is 18.2 Å². The highest BCUT2D eigenvalue weighted by molar-refractivity contribution is 5.63. The highest BCUT2D eigenvalue weighted by Gasteiger charge is 2.30. The van der Waals surface area contributed by atoms with Gasteiger partial charge in [-0.3, -0.25) is 14.3 Å². The number of hydrogen-bond acceptors (Lipinski definition) is 5. The van der Waals surface area contributed by atoms with Gasteiger partial charge in [0.15, 0.2) is 5.82 Å². The van der Waals surface area contributed by atoms with Crippen LogP contribution in [0.1, 0.15) is 12.0 Å². The summed E-state index contributed by atoms with van der Waals surface area (Å²) in [5.41, 5.74) is 7.18. The van der Waals surface area contributed by atoms with Gasteiger partial charge in [0.25, 0.3) is 5.56 Å². The molecule has 3 aromatic rings. The van der Waals surface area contributed by atoms with Gasteiger partial charge in [-0.2, -0.15) is 13.2 Å². The molecule has 3 heterocycles. The highest BCUT2D eigenvalue weighted by atomic mass is 19.4. The number of hydrazine groups is 1. The Balaban J connectivity index is 1.53. The Bertz CT molecular complexity index is 1310. The molecule has 152 valence electrons. The van der Waals surface area contributed by atoms with Crippen LogP contribution in [0, 0.1) is 5.92 Å². The largest absolute Gasteiger partial charge is 0.416 e. The van der Waals surface area contributed by atoms with E-state index in [2.05, 4.69) is 20.8 Å². The maximum Gasteiger partial charge on any atom is 0.416 e. The second kappa shape index (κ2) is 6.81. The van der Waals surface area contributed by atoms with E-state index in [4.69, 9.17) is 0 Å². The molecule has 2 aliphatic rings. The molecule has 30 heavy (non-hydrogen) atoms. The zero-order valence-corrected chi connectivity index (χ0v) is 15.6. The molecule has 6 nitrogen and oxygen atoms in total. The van der Waals surface area contributed by atoms with Crippen molar-refractivity contribution in [3.63, 3.8) is 0 Å². The van der Waals surface area contributed by atoms with Crippen LogP contribution in [0.25, 0.3) is 28.7 Å². The summed E-state index contributed by atoms with van der Waals surface area (Å²) in [4.78, 5) is 21.8. The van der Waals surface area contributed by atoms with E-state index in [9.17, 15) is 18.0 Å². The fourth-order valence-corrected chi connectivity index (χ4v) is 3.73. The molecule has 2 aromatic heterocycles. The van der Waals surface area contributed by atoms with Gasteiger partial charge in [0.1, 0.15) is 5.35 Å². The summed E-state index contributed by atoms with van der Waals surface area (Å²) >= 11 is 0. The van der Waals surface area contributed by atoms with Gasteiger partial charge in [-0.25, -0.2) is 10.4 Å². The van der Waals surface area contributed by atoms with Crippen LogP contribution in [0.15, 0.2) is 53.6 Å². The first-order chi connectivity index (χ1) is 14.4. The second-order valence-electron chi connectivity index (χ2n) is 7.22. The normalized spacial score (nSPS) is 17.7. The lowest BCUT2D eigenvalue weighted by atomic mass is 9.99. The number of benzene rings is 1. The lowest BCUT2D eigenvalue weighted by molar-refractivity contribution is -0.137. The minimum atomic E-state index is -4.40. The number of nitrogens with zero attached hydrogens (tertiary/aromatic N) is 3. The molecule has 1 saturated heterocycles. The monoisotopic (exact) mass is 411 g/mol. The van der Waals surface area contributed by atoms with Crippen LogP contribution < -0.4 is 27.1 Å². The molecule has 0 spiro atoms. The molecule has 1 atom stereocenters. The molecule has 5 rings (SSSR count). The molecule has 2 N–H and O–H groups in total. The van der Waals surface area contributed by atoms with Crippen molar-refractivity contribution in [2.24, 2.45) is 5.92 Å². The van der Waals surface area contributed by atoms with E-state index in [1.165, 1.54) is 29.0 Å². The molecule has 0 bridgehead atoms. The van der Waals surface area contributed by atoms with E-state index in [0.717, 1.165) is 36.1 Å². The number of hydrogen-bond donors (Lipinski definition) is 2. The van der Waals surface area contributed by atoms with Crippen LogP contribution in [0.4, 0.5) is 13.2 Å². The number of alkyl halides is 3. The Morgan fingerprint density at radius 3 is 2.63 bits per heavy atom. The standard InChI is InChI=1S/C21H16F3N5O/c22-21(23,24)15-4-1-12(2-5-15)13-7-8-29(18(30)9-13)17-11-25-16-6-3-14-10-26-28-19(14)20(16)27-17/h1-2,4-9,11,14,26,28H,3,10H2. The third-order valence-electron chi connectivity index (χ3n) is 5.33. The number of pyridine rings is 1. The van der Waals surface area contributed by atoms with Crippen LogP contribution in [-0.4, -0.2) is 21.1 Å². The van der Waals surface area contributed by atoms with Crippen molar-refractivity contribution in [1.29, 1.82) is 0 Å². The van der Waals surface area contributed by atoms with Gasteiger partial charge >= 0.3 is 6.18 Å². The molecule has 0 amide bonds. The number of nitrogens with one attached hydrogen (secondary N) is 2. The topological polar surface area (TPSA) is 71.8 Å². The summed E-state index contributed by atoms with van der Waals surface area (Å²) in [7, 11) is 0. The molecule has 1 aliphatic heterocycles. The minimum absolute atomic E-state index is 0.306. The Hall–Kier alpha value is -3.46. The molecule has 1 aromatic carbocycles. The zero-order chi connectivity index (χ0) is 20.9. The maximum absolute atomic E-state index is 12.7. The van der Waals surface area contributed by atoms with Crippen LogP contribution in [-0.2, 0) is 6.18 Å². The van der Waals surface area contributed by atoms with E-state index in [0.29, 0.717) is 28.2 Å². The summed E-state index contributed by atoms with van der Waals surface area (Å²) in [6.07, 6.45) is 1.60. The van der Waals surface area contributed by atoms with Gasteiger partial charge in [-0.05, 0) is 35.7 Å². The van der Waals surface area contributed by atoms with Crippen molar-refractivity contribution in [3.05, 3.63) is 75.4 Å². The van der Waals surface area contributed by atoms with Gasteiger partial charge in [0.05, 0.1) is 22.8 Å². The quantitative estimate of drug-likeness (QED) is 0.666. The summed E-state index contributed by atoms with van der Waals surface area (Å²) in [6.45, 7) is 0.805. The molecule has 0 radical (unpaired) electrons. The predicted octanol–water partition coefficient (Wildman–Crippen LogP) is 1.33. The number of aromatic nitrogens is 3. The average molecular weight is 411 g/mol. The van der Waals surface area contributed by atoms with Gasteiger partial charge in [-0.15, -0.1) is 0 Å². The zero-order valence-electron chi connectivity index (χ0n) is 15.6. The molecule has 9 heteroatoms. The van der Waals surface area contributed by atoms with Crippen LogP contribution in [0.5, 0.6) is 0 Å². The number of rotatable bonds is 2. The summed E-state index contributed by atoms with van der Waals surface area (Å²) in [6, 6.07) is 7.76. The maximum atomic E-state index is 12.7. The van der Waals surface area contributed by atoms with Gasteiger partial charge in [0.2, 0.25) is 0 Å². The SMILES string of the molecule is O=c1cc(-c2ccc(C(F)(F)F)cc2)ccn1-c1cnc2c(n1)=C1NNCC1CC=2. The molecular weight excluding hydrogens is 395 g/mol. The molecule has 1 aliphatic carbocycles. The van der Waals surface area contributed by atoms with Crippen molar-refractivity contribution >= 4 is 11.8 Å².